The van der Waals surface area contributed by atoms with Crippen LogP contribution in [0.3, 0.4) is 0 Å². The summed E-state index contributed by atoms with van der Waals surface area (Å²) >= 11 is 0. The molecule has 8 heteroatoms. The first kappa shape index (κ1) is 20.9. The maximum absolute atomic E-state index is 5.93. The second-order valence-electron chi connectivity index (χ2n) is 6.11. The molecule has 2 heterocycles. The van der Waals surface area contributed by atoms with Crippen LogP contribution in [0.4, 0.5) is 0 Å². The molecule has 0 aliphatic carbocycles. The molecule has 0 aliphatic rings. The van der Waals surface area contributed by atoms with E-state index in [-0.39, 0.29) is 30.0 Å². The van der Waals surface area contributed by atoms with Gasteiger partial charge in [0.2, 0.25) is 0 Å². The smallest absolute Gasteiger partial charge is 0.192 e. The number of aryl methyl sites for hydroxylation is 1. The van der Waals surface area contributed by atoms with Gasteiger partial charge < -0.3 is 19.6 Å². The van der Waals surface area contributed by atoms with E-state index in [1.807, 2.05) is 55.8 Å². The SMILES string of the molecule is C=CCNC(=NCc1nnc(C)n1C)NC(C)c1cc2ccccc2o1.I. The minimum absolute atomic E-state index is 0. The summed E-state index contributed by atoms with van der Waals surface area (Å²) in [4.78, 5) is 4.61. The fourth-order valence-corrected chi connectivity index (χ4v) is 2.55. The molecule has 0 aliphatic heterocycles. The van der Waals surface area contributed by atoms with Gasteiger partial charge in [0.15, 0.2) is 11.8 Å². The molecule has 0 amide bonds. The summed E-state index contributed by atoms with van der Waals surface area (Å²) in [6.07, 6.45) is 1.79. The number of aliphatic imine (C=N–C) groups is 1. The van der Waals surface area contributed by atoms with Crippen LogP contribution in [0.15, 0.2) is 52.4 Å². The minimum Gasteiger partial charge on any atom is -0.459 e. The van der Waals surface area contributed by atoms with Crippen molar-refractivity contribution in [2.24, 2.45) is 12.0 Å². The fourth-order valence-electron chi connectivity index (χ4n) is 2.55. The molecule has 3 aromatic rings. The third-order valence-corrected chi connectivity index (χ3v) is 4.20. The Labute approximate surface area is 176 Å². The van der Waals surface area contributed by atoms with Crippen molar-refractivity contribution in [3.05, 3.63) is 60.4 Å². The number of halogens is 1. The Kier molecular flexibility index (Phi) is 7.40. The average molecular weight is 480 g/mol. The van der Waals surface area contributed by atoms with Gasteiger partial charge in [-0.1, -0.05) is 24.3 Å². The summed E-state index contributed by atoms with van der Waals surface area (Å²) in [5.74, 6) is 3.19. The minimum atomic E-state index is -0.0419. The van der Waals surface area contributed by atoms with E-state index in [4.69, 9.17) is 4.42 Å². The number of furan rings is 1. The molecule has 0 bridgehead atoms. The van der Waals surface area contributed by atoms with Gasteiger partial charge >= 0.3 is 0 Å². The van der Waals surface area contributed by atoms with Crippen molar-refractivity contribution < 1.29 is 4.42 Å². The standard InChI is InChI=1S/C19H24N6O.HI/c1-5-10-20-19(21-12-18-24-23-14(3)25(18)4)22-13(2)17-11-15-8-6-7-9-16(15)26-17;/h5-9,11,13H,1,10,12H2,2-4H3,(H2,20,21,22);1H. The topological polar surface area (TPSA) is 80.3 Å². The van der Waals surface area contributed by atoms with Gasteiger partial charge in [-0.15, -0.1) is 40.8 Å². The molecule has 0 spiro atoms. The zero-order valence-electron chi connectivity index (χ0n) is 15.8. The zero-order chi connectivity index (χ0) is 18.5. The van der Waals surface area contributed by atoms with E-state index in [9.17, 15) is 0 Å². The Morgan fingerprint density at radius 3 is 2.81 bits per heavy atom. The highest BCUT2D eigenvalue weighted by Crippen LogP contribution is 2.23. The molecule has 2 N–H and O–H groups in total. The van der Waals surface area contributed by atoms with E-state index < -0.39 is 0 Å². The van der Waals surface area contributed by atoms with Crippen molar-refractivity contribution in [1.29, 1.82) is 0 Å². The number of para-hydroxylation sites is 1. The van der Waals surface area contributed by atoms with Crippen LogP contribution in [-0.4, -0.2) is 27.3 Å². The van der Waals surface area contributed by atoms with Gasteiger partial charge in [0, 0.05) is 19.0 Å². The third-order valence-electron chi connectivity index (χ3n) is 4.20. The number of aromatic nitrogens is 3. The van der Waals surface area contributed by atoms with Crippen LogP contribution in [0.25, 0.3) is 11.0 Å². The quantitative estimate of drug-likeness (QED) is 0.245. The first-order valence-corrected chi connectivity index (χ1v) is 8.57. The molecule has 0 saturated heterocycles. The number of benzene rings is 1. The second kappa shape index (κ2) is 9.54. The van der Waals surface area contributed by atoms with Crippen LogP contribution in [0.5, 0.6) is 0 Å². The van der Waals surface area contributed by atoms with Gasteiger partial charge in [-0.05, 0) is 26.0 Å². The predicted molar refractivity (Wildman–Crippen MR) is 118 cm³/mol. The molecule has 0 saturated carbocycles. The van der Waals surface area contributed by atoms with Gasteiger partial charge in [-0.25, -0.2) is 4.99 Å². The number of hydrogen-bond donors (Lipinski definition) is 2. The second-order valence-corrected chi connectivity index (χ2v) is 6.11. The predicted octanol–water partition coefficient (Wildman–Crippen LogP) is 3.47. The molecule has 3 rings (SSSR count). The molecule has 1 aromatic carbocycles. The Morgan fingerprint density at radius 2 is 2.15 bits per heavy atom. The van der Waals surface area contributed by atoms with Crippen LogP contribution in [0, 0.1) is 6.92 Å². The van der Waals surface area contributed by atoms with E-state index in [1.54, 1.807) is 6.08 Å². The molecular weight excluding hydrogens is 455 g/mol. The molecule has 1 atom stereocenters. The highest BCUT2D eigenvalue weighted by atomic mass is 127. The van der Waals surface area contributed by atoms with E-state index in [1.165, 1.54) is 0 Å². The van der Waals surface area contributed by atoms with E-state index >= 15 is 0 Å². The van der Waals surface area contributed by atoms with E-state index in [0.29, 0.717) is 19.0 Å². The highest BCUT2D eigenvalue weighted by molar-refractivity contribution is 14.0. The summed E-state index contributed by atoms with van der Waals surface area (Å²) in [7, 11) is 1.93. The Morgan fingerprint density at radius 1 is 1.37 bits per heavy atom. The van der Waals surface area contributed by atoms with E-state index in [0.717, 1.165) is 28.4 Å². The fraction of sp³-hybridized carbons (Fsp3) is 0.316. The summed E-state index contributed by atoms with van der Waals surface area (Å²) in [5.41, 5.74) is 0.878. The van der Waals surface area contributed by atoms with Gasteiger partial charge in [-0.3, -0.25) is 0 Å². The van der Waals surface area contributed by atoms with Crippen molar-refractivity contribution >= 4 is 40.9 Å². The lowest BCUT2D eigenvalue weighted by Gasteiger charge is -2.16. The largest absolute Gasteiger partial charge is 0.459 e. The lowest BCUT2D eigenvalue weighted by Crippen LogP contribution is -2.38. The summed E-state index contributed by atoms with van der Waals surface area (Å²) < 4.78 is 7.86. The lowest BCUT2D eigenvalue weighted by molar-refractivity contribution is 0.488. The molecule has 0 radical (unpaired) electrons. The Bertz CT molecular complexity index is 896. The normalized spacial score (nSPS) is 12.5. The van der Waals surface area contributed by atoms with Crippen molar-refractivity contribution in [2.45, 2.75) is 26.4 Å². The zero-order valence-corrected chi connectivity index (χ0v) is 18.1. The van der Waals surface area contributed by atoms with Crippen LogP contribution in [0.2, 0.25) is 0 Å². The van der Waals surface area contributed by atoms with Crippen LogP contribution in [-0.2, 0) is 13.6 Å². The number of fused-ring (bicyclic) bond motifs is 1. The highest BCUT2D eigenvalue weighted by Gasteiger charge is 2.13. The molecule has 144 valence electrons. The van der Waals surface area contributed by atoms with Gasteiger partial charge in [0.1, 0.15) is 23.7 Å². The summed E-state index contributed by atoms with van der Waals surface area (Å²) in [5, 5.41) is 15.9. The first-order valence-electron chi connectivity index (χ1n) is 8.57. The van der Waals surface area contributed by atoms with Crippen molar-refractivity contribution in [3.63, 3.8) is 0 Å². The van der Waals surface area contributed by atoms with Gasteiger partial charge in [0.25, 0.3) is 0 Å². The summed E-state index contributed by atoms with van der Waals surface area (Å²) in [6.45, 7) is 8.73. The Balaban J connectivity index is 0.00000261. The first-order chi connectivity index (χ1) is 12.6. The monoisotopic (exact) mass is 480 g/mol. The molecule has 1 unspecified atom stereocenters. The number of nitrogens with one attached hydrogen (secondary N) is 2. The molecule has 27 heavy (non-hydrogen) atoms. The van der Waals surface area contributed by atoms with E-state index in [2.05, 4.69) is 32.4 Å². The number of hydrogen-bond acceptors (Lipinski definition) is 4. The molecule has 2 aromatic heterocycles. The average Bonchev–Trinajstić information content (AvgIpc) is 3.22. The van der Waals surface area contributed by atoms with Crippen molar-refractivity contribution in [3.8, 4) is 0 Å². The molecule has 0 fully saturated rings. The van der Waals surface area contributed by atoms with Crippen molar-refractivity contribution in [2.75, 3.05) is 6.54 Å². The lowest BCUT2D eigenvalue weighted by atomic mass is 10.2. The number of guanidine groups is 1. The van der Waals surface area contributed by atoms with Crippen molar-refractivity contribution in [1.82, 2.24) is 25.4 Å². The maximum Gasteiger partial charge on any atom is 0.192 e. The summed E-state index contributed by atoms with van der Waals surface area (Å²) in [6, 6.07) is 9.98. The maximum atomic E-state index is 5.93. The van der Waals surface area contributed by atoms with Crippen LogP contribution < -0.4 is 10.6 Å². The van der Waals surface area contributed by atoms with Crippen LogP contribution in [0.1, 0.15) is 30.4 Å². The Hall–Kier alpha value is -2.36. The third kappa shape index (κ3) is 5.09. The van der Waals surface area contributed by atoms with Gasteiger partial charge in [0.05, 0.1) is 6.04 Å². The molecular formula is C19H25IN6O. The van der Waals surface area contributed by atoms with Crippen LogP contribution >= 0.6 is 24.0 Å². The number of rotatable bonds is 6. The number of nitrogens with zero attached hydrogens (tertiary/aromatic N) is 4. The molecule has 7 nitrogen and oxygen atoms in total. The van der Waals surface area contributed by atoms with Gasteiger partial charge in [-0.2, -0.15) is 0 Å².